The van der Waals surface area contributed by atoms with Gasteiger partial charge in [-0.05, 0) is 44.0 Å². The first-order valence-electron chi connectivity index (χ1n) is 7.49. The number of benzene rings is 1. The summed E-state index contributed by atoms with van der Waals surface area (Å²) in [7, 11) is 1.63. The minimum atomic E-state index is -0.533. The van der Waals surface area contributed by atoms with Gasteiger partial charge in [0.15, 0.2) is 6.29 Å². The summed E-state index contributed by atoms with van der Waals surface area (Å²) in [5, 5.41) is 13.7. The minimum absolute atomic E-state index is 0.0104. The van der Waals surface area contributed by atoms with Crippen molar-refractivity contribution in [1.82, 2.24) is 5.32 Å². The molecule has 1 heterocycles. The summed E-state index contributed by atoms with van der Waals surface area (Å²) in [6.07, 6.45) is 1.27. The molecule has 5 heteroatoms. The zero-order valence-electron chi connectivity index (χ0n) is 12.7. The summed E-state index contributed by atoms with van der Waals surface area (Å²) in [6.45, 7) is 4.21. The van der Waals surface area contributed by atoms with Crippen LogP contribution in [-0.2, 0) is 9.47 Å². The van der Waals surface area contributed by atoms with Gasteiger partial charge in [-0.25, -0.2) is 0 Å². The van der Waals surface area contributed by atoms with Gasteiger partial charge in [0.25, 0.3) is 0 Å². The summed E-state index contributed by atoms with van der Waals surface area (Å²) in [5.74, 6) is 0.795. The SMILES string of the molecule is COc1ccc(C(O)C(C)NCCCC2OCCO2)cc1. The summed E-state index contributed by atoms with van der Waals surface area (Å²) < 4.78 is 15.9. The van der Waals surface area contributed by atoms with E-state index in [1.54, 1.807) is 7.11 Å². The Kier molecular flexibility index (Phi) is 6.45. The van der Waals surface area contributed by atoms with Gasteiger partial charge in [-0.3, -0.25) is 0 Å². The quantitative estimate of drug-likeness (QED) is 0.717. The molecule has 0 radical (unpaired) electrons. The van der Waals surface area contributed by atoms with Crippen LogP contribution < -0.4 is 10.1 Å². The first-order valence-corrected chi connectivity index (χ1v) is 7.49. The van der Waals surface area contributed by atoms with E-state index >= 15 is 0 Å². The molecule has 1 aliphatic rings. The van der Waals surface area contributed by atoms with Gasteiger partial charge in [0.05, 0.1) is 26.4 Å². The molecule has 2 rings (SSSR count). The van der Waals surface area contributed by atoms with Crippen LogP contribution in [0, 0.1) is 0 Å². The molecule has 21 heavy (non-hydrogen) atoms. The van der Waals surface area contributed by atoms with E-state index in [0.717, 1.165) is 30.7 Å². The Morgan fingerprint density at radius 3 is 2.57 bits per heavy atom. The Hall–Kier alpha value is -1.14. The molecule has 0 spiro atoms. The summed E-state index contributed by atoms with van der Waals surface area (Å²) in [4.78, 5) is 0. The highest BCUT2D eigenvalue weighted by molar-refractivity contribution is 5.28. The second-order valence-corrected chi connectivity index (χ2v) is 5.27. The van der Waals surface area contributed by atoms with Crippen molar-refractivity contribution in [3.63, 3.8) is 0 Å². The molecule has 0 aliphatic carbocycles. The maximum Gasteiger partial charge on any atom is 0.157 e. The Morgan fingerprint density at radius 1 is 1.29 bits per heavy atom. The number of hydrogen-bond acceptors (Lipinski definition) is 5. The number of rotatable bonds is 8. The molecule has 0 bridgehead atoms. The van der Waals surface area contributed by atoms with E-state index < -0.39 is 6.10 Å². The highest BCUT2D eigenvalue weighted by Crippen LogP contribution is 2.20. The maximum atomic E-state index is 10.3. The summed E-state index contributed by atoms with van der Waals surface area (Å²) >= 11 is 0. The van der Waals surface area contributed by atoms with E-state index in [0.29, 0.717) is 13.2 Å². The number of ether oxygens (including phenoxy) is 3. The van der Waals surface area contributed by atoms with Gasteiger partial charge in [0, 0.05) is 6.04 Å². The average Bonchev–Trinajstić information content (AvgIpc) is 3.04. The van der Waals surface area contributed by atoms with Crippen LogP contribution in [0.3, 0.4) is 0 Å². The molecule has 118 valence electrons. The predicted octanol–water partition coefficient (Wildman–Crippen LogP) is 1.86. The number of aliphatic hydroxyl groups excluding tert-OH is 1. The Morgan fingerprint density at radius 2 is 1.95 bits per heavy atom. The van der Waals surface area contributed by atoms with Crippen LogP contribution in [0.4, 0.5) is 0 Å². The number of nitrogens with one attached hydrogen (secondary N) is 1. The fourth-order valence-corrected chi connectivity index (χ4v) is 2.37. The van der Waals surface area contributed by atoms with E-state index in [1.807, 2.05) is 31.2 Å². The van der Waals surface area contributed by atoms with Crippen LogP contribution in [0.1, 0.15) is 31.4 Å². The normalized spacial score (nSPS) is 18.6. The van der Waals surface area contributed by atoms with E-state index in [1.165, 1.54) is 0 Å². The molecule has 1 aliphatic heterocycles. The second-order valence-electron chi connectivity index (χ2n) is 5.27. The minimum Gasteiger partial charge on any atom is -0.497 e. The topological polar surface area (TPSA) is 60.0 Å². The van der Waals surface area contributed by atoms with Crippen molar-refractivity contribution in [2.75, 3.05) is 26.9 Å². The van der Waals surface area contributed by atoms with E-state index in [4.69, 9.17) is 14.2 Å². The van der Waals surface area contributed by atoms with Crippen LogP contribution in [0.2, 0.25) is 0 Å². The first kappa shape index (κ1) is 16.2. The molecular weight excluding hydrogens is 270 g/mol. The van der Waals surface area contributed by atoms with E-state index in [-0.39, 0.29) is 12.3 Å². The van der Waals surface area contributed by atoms with Crippen molar-refractivity contribution in [2.45, 2.75) is 38.2 Å². The second kappa shape index (κ2) is 8.34. The van der Waals surface area contributed by atoms with Crippen molar-refractivity contribution in [3.05, 3.63) is 29.8 Å². The van der Waals surface area contributed by atoms with Crippen LogP contribution in [-0.4, -0.2) is 44.3 Å². The molecule has 1 fully saturated rings. The third-order valence-corrected chi connectivity index (χ3v) is 3.70. The van der Waals surface area contributed by atoms with Gasteiger partial charge in [-0.1, -0.05) is 12.1 Å². The zero-order chi connectivity index (χ0) is 15.1. The number of hydrogen-bond donors (Lipinski definition) is 2. The molecule has 0 amide bonds. The van der Waals surface area contributed by atoms with Crippen molar-refractivity contribution in [2.24, 2.45) is 0 Å². The van der Waals surface area contributed by atoms with Gasteiger partial charge >= 0.3 is 0 Å². The summed E-state index contributed by atoms with van der Waals surface area (Å²) in [6, 6.07) is 7.49. The smallest absolute Gasteiger partial charge is 0.157 e. The van der Waals surface area contributed by atoms with Crippen LogP contribution in [0.25, 0.3) is 0 Å². The van der Waals surface area contributed by atoms with Crippen LogP contribution in [0.5, 0.6) is 5.75 Å². The molecule has 5 nitrogen and oxygen atoms in total. The van der Waals surface area contributed by atoms with Crippen molar-refractivity contribution in [1.29, 1.82) is 0 Å². The van der Waals surface area contributed by atoms with Gasteiger partial charge in [-0.2, -0.15) is 0 Å². The third-order valence-electron chi connectivity index (χ3n) is 3.70. The molecule has 2 N–H and O–H groups in total. The standard InChI is InChI=1S/C16H25NO4/c1-12(17-9-3-4-15-20-10-11-21-15)16(18)13-5-7-14(19-2)8-6-13/h5-8,12,15-18H,3-4,9-11H2,1-2H3. The van der Waals surface area contributed by atoms with Gasteiger partial charge in [-0.15, -0.1) is 0 Å². The van der Waals surface area contributed by atoms with Crippen molar-refractivity contribution in [3.8, 4) is 5.75 Å². The van der Waals surface area contributed by atoms with Crippen LogP contribution in [0.15, 0.2) is 24.3 Å². The first-order chi connectivity index (χ1) is 10.2. The Balaban J connectivity index is 1.69. The molecule has 2 unspecified atom stereocenters. The number of methoxy groups -OCH3 is 1. The lowest BCUT2D eigenvalue weighted by atomic mass is 10.0. The van der Waals surface area contributed by atoms with E-state index in [2.05, 4.69) is 5.32 Å². The molecule has 1 saturated heterocycles. The third kappa shape index (κ3) is 4.97. The maximum absolute atomic E-state index is 10.3. The molecule has 0 aromatic heterocycles. The highest BCUT2D eigenvalue weighted by Gasteiger charge is 2.17. The fourth-order valence-electron chi connectivity index (χ4n) is 2.37. The lowest BCUT2D eigenvalue weighted by Gasteiger charge is -2.21. The van der Waals surface area contributed by atoms with Gasteiger partial charge in [0.2, 0.25) is 0 Å². The molecule has 0 saturated carbocycles. The van der Waals surface area contributed by atoms with Crippen molar-refractivity contribution >= 4 is 0 Å². The van der Waals surface area contributed by atoms with Gasteiger partial charge in [0.1, 0.15) is 5.75 Å². The Labute approximate surface area is 126 Å². The lowest BCUT2D eigenvalue weighted by Crippen LogP contribution is -2.33. The van der Waals surface area contributed by atoms with Crippen LogP contribution >= 0.6 is 0 Å². The van der Waals surface area contributed by atoms with Gasteiger partial charge < -0.3 is 24.6 Å². The molecule has 1 aromatic rings. The predicted molar refractivity (Wildman–Crippen MR) is 80.3 cm³/mol. The lowest BCUT2D eigenvalue weighted by molar-refractivity contribution is -0.0477. The average molecular weight is 295 g/mol. The molecule has 1 aromatic carbocycles. The molecule has 2 atom stereocenters. The van der Waals surface area contributed by atoms with Crippen molar-refractivity contribution < 1.29 is 19.3 Å². The largest absolute Gasteiger partial charge is 0.497 e. The summed E-state index contributed by atoms with van der Waals surface area (Å²) in [5.41, 5.74) is 0.887. The fraction of sp³-hybridized carbons (Fsp3) is 0.625. The monoisotopic (exact) mass is 295 g/mol. The van der Waals surface area contributed by atoms with E-state index in [9.17, 15) is 5.11 Å². The Bertz CT molecular complexity index is 403. The highest BCUT2D eigenvalue weighted by atomic mass is 16.7. The molecular formula is C16H25NO4. The zero-order valence-corrected chi connectivity index (χ0v) is 12.7. The number of aliphatic hydroxyl groups is 1.